The lowest BCUT2D eigenvalue weighted by Gasteiger charge is -1.98. The molecule has 1 aromatic rings. The van der Waals surface area contributed by atoms with Gasteiger partial charge in [-0.15, -0.1) is 5.10 Å². The Morgan fingerprint density at radius 1 is 1.57 bits per heavy atom. The summed E-state index contributed by atoms with van der Waals surface area (Å²) in [6.45, 7) is 3.23. The van der Waals surface area contributed by atoms with Crippen LogP contribution >= 0.6 is 11.8 Å². The number of thioether (sulfide) groups is 1. The Bertz CT molecular complexity index is 252. The van der Waals surface area contributed by atoms with Gasteiger partial charge in [-0.3, -0.25) is 4.68 Å². The Morgan fingerprint density at radius 2 is 2.43 bits per heavy atom. The van der Waals surface area contributed by atoms with Crippen LogP contribution in [0, 0.1) is 0 Å². The van der Waals surface area contributed by atoms with Gasteiger partial charge in [-0.05, 0) is 17.9 Å². The molecular formula is C9H17N3OS. The number of hydrogen-bond donors (Lipinski definition) is 1. The summed E-state index contributed by atoms with van der Waals surface area (Å²) in [5.74, 6) is 2.35. The molecule has 0 saturated carbocycles. The minimum Gasteiger partial charge on any atom is -0.396 e. The lowest BCUT2D eigenvalue weighted by atomic mass is 10.3. The lowest BCUT2D eigenvalue weighted by Crippen LogP contribution is -1.99. The first-order chi connectivity index (χ1) is 6.86. The zero-order chi connectivity index (χ0) is 10.2. The highest BCUT2D eigenvalue weighted by molar-refractivity contribution is 7.99. The molecule has 14 heavy (non-hydrogen) atoms. The Kier molecular flexibility index (Phi) is 5.63. The van der Waals surface area contributed by atoms with Crippen LogP contribution in [0.3, 0.4) is 0 Å². The van der Waals surface area contributed by atoms with Crippen LogP contribution in [0.4, 0.5) is 0 Å². The number of aliphatic hydroxyl groups is 1. The molecular weight excluding hydrogens is 198 g/mol. The first-order valence-corrected chi connectivity index (χ1v) is 6.10. The van der Waals surface area contributed by atoms with E-state index >= 15 is 0 Å². The van der Waals surface area contributed by atoms with Gasteiger partial charge in [0.15, 0.2) is 0 Å². The Labute approximate surface area is 88.7 Å². The predicted octanol–water partition coefficient (Wildman–Crippen LogP) is 0.956. The van der Waals surface area contributed by atoms with Crippen LogP contribution in [0.15, 0.2) is 6.20 Å². The van der Waals surface area contributed by atoms with E-state index in [9.17, 15) is 0 Å². The van der Waals surface area contributed by atoms with Crippen molar-refractivity contribution in [2.75, 3.05) is 18.1 Å². The quantitative estimate of drug-likeness (QED) is 0.688. The number of aryl methyl sites for hydroxylation is 1. The molecule has 0 saturated heterocycles. The van der Waals surface area contributed by atoms with Crippen molar-refractivity contribution in [3.8, 4) is 0 Å². The van der Waals surface area contributed by atoms with Crippen molar-refractivity contribution >= 4 is 11.8 Å². The van der Waals surface area contributed by atoms with Crippen molar-refractivity contribution in [3.05, 3.63) is 11.9 Å². The van der Waals surface area contributed by atoms with E-state index < -0.39 is 0 Å². The third-order valence-electron chi connectivity index (χ3n) is 1.83. The van der Waals surface area contributed by atoms with Crippen LogP contribution in [-0.2, 0) is 13.0 Å². The minimum absolute atomic E-state index is 0.143. The summed E-state index contributed by atoms with van der Waals surface area (Å²) in [5, 5.41) is 16.6. The number of hydrogen-bond acceptors (Lipinski definition) is 4. The van der Waals surface area contributed by atoms with Crippen LogP contribution in [0.1, 0.15) is 19.0 Å². The van der Waals surface area contributed by atoms with E-state index in [0.29, 0.717) is 6.42 Å². The molecule has 0 aromatic carbocycles. The van der Waals surface area contributed by atoms with Crippen LogP contribution < -0.4 is 0 Å². The Hall–Kier alpha value is -0.550. The molecule has 0 unspecified atom stereocenters. The van der Waals surface area contributed by atoms with E-state index in [1.54, 1.807) is 0 Å². The van der Waals surface area contributed by atoms with E-state index in [4.69, 9.17) is 5.11 Å². The van der Waals surface area contributed by atoms with Crippen LogP contribution in [0.2, 0.25) is 0 Å². The van der Waals surface area contributed by atoms with Crippen molar-refractivity contribution in [1.29, 1.82) is 0 Å². The summed E-state index contributed by atoms with van der Waals surface area (Å²) < 4.78 is 1.85. The molecule has 1 aromatic heterocycles. The summed E-state index contributed by atoms with van der Waals surface area (Å²) >= 11 is 1.94. The first kappa shape index (κ1) is 11.5. The first-order valence-electron chi connectivity index (χ1n) is 4.94. The number of nitrogens with zero attached hydrogens (tertiary/aromatic N) is 3. The molecule has 0 spiro atoms. The molecule has 0 aliphatic heterocycles. The standard InChI is InChI=1S/C9H17N3OS/c1-2-14-7-3-5-12-8-9(4-6-13)10-11-12/h8,13H,2-7H2,1H3. The molecule has 5 heteroatoms. The fourth-order valence-corrected chi connectivity index (χ4v) is 1.77. The monoisotopic (exact) mass is 215 g/mol. The second-order valence-electron chi connectivity index (χ2n) is 3.00. The normalized spacial score (nSPS) is 10.7. The van der Waals surface area contributed by atoms with E-state index in [1.165, 1.54) is 11.5 Å². The van der Waals surface area contributed by atoms with Crippen molar-refractivity contribution < 1.29 is 5.11 Å². The molecule has 0 aliphatic rings. The van der Waals surface area contributed by atoms with Gasteiger partial charge in [0.2, 0.25) is 0 Å². The average Bonchev–Trinajstić information content (AvgIpc) is 2.61. The second-order valence-corrected chi connectivity index (χ2v) is 4.39. The van der Waals surface area contributed by atoms with Crippen LogP contribution in [0.25, 0.3) is 0 Å². The van der Waals surface area contributed by atoms with Gasteiger partial charge in [-0.2, -0.15) is 11.8 Å². The zero-order valence-corrected chi connectivity index (χ0v) is 9.33. The maximum atomic E-state index is 8.69. The van der Waals surface area contributed by atoms with E-state index in [2.05, 4.69) is 17.2 Å². The molecule has 1 N–H and O–H groups in total. The molecule has 1 rings (SSSR count). The summed E-state index contributed by atoms with van der Waals surface area (Å²) in [6.07, 6.45) is 3.64. The number of rotatable bonds is 7. The van der Waals surface area contributed by atoms with Crippen molar-refractivity contribution in [3.63, 3.8) is 0 Å². The van der Waals surface area contributed by atoms with Gasteiger partial charge < -0.3 is 5.11 Å². The van der Waals surface area contributed by atoms with Gasteiger partial charge >= 0.3 is 0 Å². The highest BCUT2D eigenvalue weighted by Gasteiger charge is 1.99. The lowest BCUT2D eigenvalue weighted by molar-refractivity contribution is 0.298. The topological polar surface area (TPSA) is 50.9 Å². The van der Waals surface area contributed by atoms with Gasteiger partial charge in [0.1, 0.15) is 0 Å². The maximum absolute atomic E-state index is 8.69. The highest BCUT2D eigenvalue weighted by Crippen LogP contribution is 2.02. The second kappa shape index (κ2) is 6.84. The largest absolute Gasteiger partial charge is 0.396 e. The highest BCUT2D eigenvalue weighted by atomic mass is 32.2. The predicted molar refractivity (Wildman–Crippen MR) is 58.4 cm³/mol. The fraction of sp³-hybridized carbons (Fsp3) is 0.778. The van der Waals surface area contributed by atoms with Gasteiger partial charge in [-0.1, -0.05) is 12.1 Å². The van der Waals surface area contributed by atoms with E-state index in [0.717, 1.165) is 18.7 Å². The third-order valence-corrected chi connectivity index (χ3v) is 2.82. The Morgan fingerprint density at radius 3 is 3.14 bits per heavy atom. The van der Waals surface area contributed by atoms with Crippen LogP contribution in [0.5, 0.6) is 0 Å². The fourth-order valence-electron chi connectivity index (χ4n) is 1.15. The van der Waals surface area contributed by atoms with Crippen molar-refractivity contribution in [2.45, 2.75) is 26.3 Å². The smallest absolute Gasteiger partial charge is 0.0849 e. The number of aromatic nitrogens is 3. The molecule has 0 aliphatic carbocycles. The summed E-state index contributed by atoms with van der Waals surface area (Å²) in [4.78, 5) is 0. The molecule has 0 bridgehead atoms. The zero-order valence-electron chi connectivity index (χ0n) is 8.52. The third kappa shape index (κ3) is 4.11. The molecule has 0 atom stereocenters. The van der Waals surface area contributed by atoms with Gasteiger partial charge in [0.25, 0.3) is 0 Å². The van der Waals surface area contributed by atoms with E-state index in [-0.39, 0.29) is 6.61 Å². The van der Waals surface area contributed by atoms with Crippen molar-refractivity contribution in [2.24, 2.45) is 0 Å². The maximum Gasteiger partial charge on any atom is 0.0849 e. The average molecular weight is 215 g/mol. The molecule has 1 heterocycles. The molecule has 4 nitrogen and oxygen atoms in total. The number of aliphatic hydroxyl groups excluding tert-OH is 1. The molecule has 0 radical (unpaired) electrons. The molecule has 0 fully saturated rings. The summed E-state index contributed by atoms with van der Waals surface area (Å²) in [6, 6.07) is 0. The van der Waals surface area contributed by atoms with Crippen LogP contribution in [-0.4, -0.2) is 38.2 Å². The van der Waals surface area contributed by atoms with Gasteiger partial charge in [0, 0.05) is 25.8 Å². The summed E-state index contributed by atoms with van der Waals surface area (Å²) in [5.41, 5.74) is 0.871. The Balaban J connectivity index is 2.22. The molecule has 80 valence electrons. The van der Waals surface area contributed by atoms with E-state index in [1.807, 2.05) is 22.6 Å². The SMILES string of the molecule is CCSCCCn1cc(CCO)nn1. The van der Waals surface area contributed by atoms with Gasteiger partial charge in [-0.25, -0.2) is 0 Å². The van der Waals surface area contributed by atoms with Crippen molar-refractivity contribution in [1.82, 2.24) is 15.0 Å². The van der Waals surface area contributed by atoms with Gasteiger partial charge in [0.05, 0.1) is 5.69 Å². The molecule has 0 amide bonds. The summed E-state index contributed by atoms with van der Waals surface area (Å²) in [7, 11) is 0. The minimum atomic E-state index is 0.143.